The van der Waals surface area contributed by atoms with Gasteiger partial charge in [-0.25, -0.2) is 16.8 Å². The van der Waals surface area contributed by atoms with Crippen molar-refractivity contribution in [2.24, 2.45) is 5.73 Å². The first-order chi connectivity index (χ1) is 9.08. The molecular weight excluding hydrogens is 300 g/mol. The van der Waals surface area contributed by atoms with Crippen LogP contribution in [0.2, 0.25) is 0 Å². The minimum Gasteiger partial charge on any atom is -0.326 e. The molecule has 0 aliphatic rings. The molecule has 0 atom stereocenters. The van der Waals surface area contributed by atoms with Gasteiger partial charge in [-0.05, 0) is 30.2 Å². The Morgan fingerprint density at radius 3 is 2.25 bits per heavy atom. The van der Waals surface area contributed by atoms with E-state index in [9.17, 15) is 16.8 Å². The molecule has 8 heteroatoms. The number of nitrogens with two attached hydrogens (primary N) is 1. The third-order valence-corrected chi connectivity index (χ3v) is 5.80. The third kappa shape index (κ3) is 4.27. The fraction of sp³-hybridized carbons (Fsp3) is 0.500. The second kappa shape index (κ2) is 6.21. The third-order valence-electron chi connectivity index (χ3n) is 3.02. The summed E-state index contributed by atoms with van der Waals surface area (Å²) in [4.78, 5) is 0.142. The monoisotopic (exact) mass is 320 g/mol. The molecule has 0 unspecified atom stereocenters. The first-order valence-corrected chi connectivity index (χ1v) is 9.51. The standard InChI is InChI=1S/C12H20N2O4S2/c1-10-8-12(5-4-11(10)9-13)20(17,18)14(2)6-7-19(3,15)16/h4-5,8H,6-7,9,13H2,1-3H3. The minimum absolute atomic E-state index is 0.0706. The number of nitrogens with zero attached hydrogens (tertiary/aromatic N) is 1. The molecule has 0 heterocycles. The van der Waals surface area contributed by atoms with E-state index in [1.165, 1.54) is 13.1 Å². The van der Waals surface area contributed by atoms with Crippen molar-refractivity contribution in [3.05, 3.63) is 29.3 Å². The van der Waals surface area contributed by atoms with Crippen molar-refractivity contribution in [2.75, 3.05) is 25.6 Å². The summed E-state index contributed by atoms with van der Waals surface area (Å²) in [6.45, 7) is 2.06. The molecule has 2 N–H and O–H groups in total. The van der Waals surface area contributed by atoms with E-state index in [0.29, 0.717) is 6.54 Å². The maximum atomic E-state index is 12.3. The number of rotatable bonds is 6. The number of aryl methyl sites for hydroxylation is 1. The number of sulfonamides is 1. The molecule has 0 radical (unpaired) electrons. The van der Waals surface area contributed by atoms with E-state index >= 15 is 0 Å². The Labute approximate surface area is 120 Å². The highest BCUT2D eigenvalue weighted by atomic mass is 32.2. The molecule has 0 fully saturated rings. The highest BCUT2D eigenvalue weighted by Crippen LogP contribution is 2.18. The fourth-order valence-electron chi connectivity index (χ4n) is 1.65. The van der Waals surface area contributed by atoms with Crippen LogP contribution in [0, 0.1) is 6.92 Å². The van der Waals surface area contributed by atoms with Crippen LogP contribution in [0.1, 0.15) is 11.1 Å². The summed E-state index contributed by atoms with van der Waals surface area (Å²) in [6.07, 6.45) is 1.08. The van der Waals surface area contributed by atoms with Gasteiger partial charge in [-0.3, -0.25) is 0 Å². The minimum atomic E-state index is -3.68. The van der Waals surface area contributed by atoms with E-state index in [0.717, 1.165) is 21.7 Å². The molecule has 0 aliphatic heterocycles. The van der Waals surface area contributed by atoms with E-state index < -0.39 is 19.9 Å². The topological polar surface area (TPSA) is 97.5 Å². The van der Waals surface area contributed by atoms with Gasteiger partial charge in [0, 0.05) is 26.4 Å². The van der Waals surface area contributed by atoms with Crippen LogP contribution in [0.3, 0.4) is 0 Å². The Hall–Kier alpha value is -0.960. The zero-order chi connectivity index (χ0) is 15.6. The Morgan fingerprint density at radius 2 is 1.80 bits per heavy atom. The summed E-state index contributed by atoms with van der Waals surface area (Å²) in [5, 5.41) is 0. The molecular formula is C12H20N2O4S2. The molecule has 0 aliphatic carbocycles. The lowest BCUT2D eigenvalue weighted by Gasteiger charge is -2.17. The van der Waals surface area contributed by atoms with Crippen LogP contribution in [0.15, 0.2) is 23.1 Å². The first kappa shape index (κ1) is 17.1. The van der Waals surface area contributed by atoms with Crippen molar-refractivity contribution in [3.63, 3.8) is 0 Å². The number of sulfone groups is 1. The lowest BCUT2D eigenvalue weighted by Crippen LogP contribution is -2.31. The van der Waals surface area contributed by atoms with Gasteiger partial charge in [0.1, 0.15) is 9.84 Å². The van der Waals surface area contributed by atoms with E-state index in [4.69, 9.17) is 5.73 Å². The Kier molecular flexibility index (Phi) is 5.31. The van der Waals surface area contributed by atoms with Crippen LogP contribution in [-0.4, -0.2) is 46.7 Å². The molecule has 6 nitrogen and oxygen atoms in total. The average Bonchev–Trinajstić information content (AvgIpc) is 2.34. The van der Waals surface area contributed by atoms with Gasteiger partial charge >= 0.3 is 0 Å². The largest absolute Gasteiger partial charge is 0.326 e. The van der Waals surface area contributed by atoms with Gasteiger partial charge < -0.3 is 5.73 Å². The van der Waals surface area contributed by atoms with Crippen LogP contribution in [0.5, 0.6) is 0 Å². The molecule has 20 heavy (non-hydrogen) atoms. The van der Waals surface area contributed by atoms with Crippen molar-refractivity contribution in [2.45, 2.75) is 18.4 Å². The Morgan fingerprint density at radius 1 is 1.20 bits per heavy atom. The van der Waals surface area contributed by atoms with Gasteiger partial charge in [0.25, 0.3) is 0 Å². The van der Waals surface area contributed by atoms with E-state index in [1.54, 1.807) is 19.1 Å². The van der Waals surface area contributed by atoms with E-state index in [-0.39, 0.29) is 17.2 Å². The van der Waals surface area contributed by atoms with Crippen LogP contribution in [0.25, 0.3) is 0 Å². The number of hydrogen-bond donors (Lipinski definition) is 1. The van der Waals surface area contributed by atoms with E-state index in [1.807, 2.05) is 0 Å². The Bertz CT molecular complexity index is 681. The smallest absolute Gasteiger partial charge is 0.242 e. The normalized spacial score (nSPS) is 12.8. The number of benzene rings is 1. The molecule has 114 valence electrons. The molecule has 0 saturated heterocycles. The van der Waals surface area contributed by atoms with Crippen molar-refractivity contribution in [1.29, 1.82) is 0 Å². The summed E-state index contributed by atoms with van der Waals surface area (Å²) >= 11 is 0. The van der Waals surface area contributed by atoms with Gasteiger partial charge in [0.15, 0.2) is 0 Å². The second-order valence-corrected chi connectivity index (χ2v) is 9.05. The van der Waals surface area contributed by atoms with Crippen molar-refractivity contribution in [3.8, 4) is 0 Å². The zero-order valence-electron chi connectivity index (χ0n) is 11.8. The highest BCUT2D eigenvalue weighted by Gasteiger charge is 2.22. The van der Waals surface area contributed by atoms with Gasteiger partial charge in [-0.1, -0.05) is 6.07 Å². The first-order valence-electron chi connectivity index (χ1n) is 6.01. The van der Waals surface area contributed by atoms with Crippen LogP contribution in [-0.2, 0) is 26.4 Å². The lowest BCUT2D eigenvalue weighted by molar-refractivity contribution is 0.484. The summed E-state index contributed by atoms with van der Waals surface area (Å²) in [5.74, 6) is -0.206. The fourth-order valence-corrected chi connectivity index (χ4v) is 3.63. The predicted octanol–water partition coefficient (Wildman–Crippen LogP) is 0.119. The Balaban J connectivity index is 3.01. The van der Waals surface area contributed by atoms with Crippen LogP contribution < -0.4 is 5.73 Å². The summed E-state index contributed by atoms with van der Waals surface area (Å²) < 4.78 is 47.9. The van der Waals surface area contributed by atoms with Gasteiger partial charge in [-0.2, -0.15) is 4.31 Å². The SMILES string of the molecule is Cc1cc(S(=O)(=O)N(C)CCS(C)(=O)=O)ccc1CN. The molecule has 0 aromatic heterocycles. The summed E-state index contributed by atoms with van der Waals surface area (Å²) in [6, 6.07) is 4.71. The molecule has 1 aromatic rings. The zero-order valence-corrected chi connectivity index (χ0v) is 13.5. The van der Waals surface area contributed by atoms with Gasteiger partial charge in [0.05, 0.1) is 10.6 Å². The lowest BCUT2D eigenvalue weighted by atomic mass is 10.1. The van der Waals surface area contributed by atoms with E-state index in [2.05, 4.69) is 0 Å². The van der Waals surface area contributed by atoms with Crippen LogP contribution >= 0.6 is 0 Å². The predicted molar refractivity (Wildman–Crippen MR) is 78.6 cm³/mol. The van der Waals surface area contributed by atoms with Crippen LogP contribution in [0.4, 0.5) is 0 Å². The highest BCUT2D eigenvalue weighted by molar-refractivity contribution is 7.91. The maximum Gasteiger partial charge on any atom is 0.242 e. The van der Waals surface area contributed by atoms with Crippen molar-refractivity contribution < 1.29 is 16.8 Å². The van der Waals surface area contributed by atoms with Crippen molar-refractivity contribution >= 4 is 19.9 Å². The molecule has 0 bridgehead atoms. The second-order valence-electron chi connectivity index (χ2n) is 4.75. The maximum absolute atomic E-state index is 12.3. The molecule has 0 spiro atoms. The molecule has 0 amide bonds. The average molecular weight is 320 g/mol. The van der Waals surface area contributed by atoms with Gasteiger partial charge in [-0.15, -0.1) is 0 Å². The molecule has 1 aromatic carbocycles. The molecule has 0 saturated carbocycles. The summed E-state index contributed by atoms with van der Waals surface area (Å²) in [5.41, 5.74) is 7.21. The summed E-state index contributed by atoms with van der Waals surface area (Å²) in [7, 11) is -5.52. The molecule has 1 rings (SSSR count). The van der Waals surface area contributed by atoms with Gasteiger partial charge in [0.2, 0.25) is 10.0 Å². The quantitative estimate of drug-likeness (QED) is 0.803. The van der Waals surface area contributed by atoms with Crippen molar-refractivity contribution in [1.82, 2.24) is 4.31 Å². The number of hydrogen-bond acceptors (Lipinski definition) is 5.